The van der Waals surface area contributed by atoms with Gasteiger partial charge in [0, 0.05) is 0 Å². The van der Waals surface area contributed by atoms with Gasteiger partial charge >= 0.3 is 0 Å². The molecule has 0 heterocycles. The summed E-state index contributed by atoms with van der Waals surface area (Å²) in [4.78, 5) is 0. The fourth-order valence-electron chi connectivity index (χ4n) is 1.79. The maximum absolute atomic E-state index is 9.59. The lowest BCUT2D eigenvalue weighted by Gasteiger charge is -2.07. The zero-order valence-electron chi connectivity index (χ0n) is 10.8. The Bertz CT molecular complexity index is 172. The van der Waals surface area contributed by atoms with E-state index in [1.54, 1.807) is 0 Å². The first-order valence-electron chi connectivity index (χ1n) is 6.71. The average Bonchev–Trinajstić information content (AvgIpc) is 2.30. The van der Waals surface area contributed by atoms with Crippen molar-refractivity contribution in [1.82, 2.24) is 0 Å². The number of hydrogen-bond acceptors (Lipinski definition) is 1. The molecule has 0 saturated carbocycles. The van der Waals surface area contributed by atoms with E-state index in [0.29, 0.717) is 0 Å². The van der Waals surface area contributed by atoms with Crippen LogP contribution < -0.4 is 0 Å². The molecule has 0 aliphatic rings. The number of unbranched alkanes of at least 4 members (excludes halogenated alkanes) is 6. The first kappa shape index (κ1) is 15.4. The molecule has 0 aromatic rings. The average molecular weight is 224 g/mol. The van der Waals surface area contributed by atoms with Crippen LogP contribution in [-0.2, 0) is 0 Å². The summed E-state index contributed by atoms with van der Waals surface area (Å²) in [6.45, 7) is 5.71. The molecule has 1 atom stereocenters. The fourth-order valence-corrected chi connectivity index (χ4v) is 1.79. The van der Waals surface area contributed by atoms with Gasteiger partial charge in [0.25, 0.3) is 0 Å². The Morgan fingerprint density at radius 2 is 1.69 bits per heavy atom. The van der Waals surface area contributed by atoms with Gasteiger partial charge in [-0.25, -0.2) is 0 Å². The quantitative estimate of drug-likeness (QED) is 0.401. The van der Waals surface area contributed by atoms with Crippen LogP contribution in [0.25, 0.3) is 0 Å². The lowest BCUT2D eigenvalue weighted by atomic mass is 10.0. The Kier molecular flexibility index (Phi) is 12.1. The Balaban J connectivity index is 3.11. The van der Waals surface area contributed by atoms with Crippen LogP contribution in [0.1, 0.15) is 64.7 Å². The van der Waals surface area contributed by atoms with Crippen molar-refractivity contribution in [2.24, 2.45) is 0 Å². The van der Waals surface area contributed by atoms with Gasteiger partial charge in [-0.3, -0.25) is 0 Å². The Labute approximate surface area is 101 Å². The summed E-state index contributed by atoms with van der Waals surface area (Å²) in [6.07, 6.45) is 16.5. The van der Waals surface area contributed by atoms with E-state index in [9.17, 15) is 5.11 Å². The van der Waals surface area contributed by atoms with Gasteiger partial charge in [-0.15, -0.1) is 6.58 Å². The van der Waals surface area contributed by atoms with Crippen LogP contribution >= 0.6 is 0 Å². The van der Waals surface area contributed by atoms with Crippen LogP contribution in [-0.4, -0.2) is 11.2 Å². The molecule has 0 radical (unpaired) electrons. The normalized spacial score (nSPS) is 13.1. The third-order valence-corrected chi connectivity index (χ3v) is 2.84. The standard InChI is InChI=1S/C15H28O/c1-3-5-7-8-9-10-11-12-14-15(16)13-6-4-2/h3-4,6,15-16H,1,5,7-14H2,2H3/b6-4+/t15-/m1/s1. The van der Waals surface area contributed by atoms with Crippen LogP contribution in [0.4, 0.5) is 0 Å². The van der Waals surface area contributed by atoms with Gasteiger partial charge in [0.1, 0.15) is 0 Å². The molecular formula is C15H28O. The predicted octanol–water partition coefficient (Wildman–Crippen LogP) is 4.62. The molecule has 0 aliphatic carbocycles. The van der Waals surface area contributed by atoms with Crippen LogP contribution in [0, 0.1) is 0 Å². The molecule has 0 aliphatic heterocycles. The van der Waals surface area contributed by atoms with Crippen molar-refractivity contribution in [2.45, 2.75) is 70.8 Å². The summed E-state index contributed by atoms with van der Waals surface area (Å²) < 4.78 is 0. The lowest BCUT2D eigenvalue weighted by molar-refractivity contribution is 0.163. The van der Waals surface area contributed by atoms with Gasteiger partial charge < -0.3 is 5.11 Å². The molecule has 0 rings (SSSR count). The van der Waals surface area contributed by atoms with E-state index >= 15 is 0 Å². The fraction of sp³-hybridized carbons (Fsp3) is 0.733. The number of aliphatic hydroxyl groups excluding tert-OH is 1. The maximum Gasteiger partial charge on any atom is 0.0574 e. The SMILES string of the molecule is C=CCCCCCCCC[C@H](O)C/C=C/C. The smallest absolute Gasteiger partial charge is 0.0574 e. The molecule has 0 aromatic heterocycles. The van der Waals surface area contributed by atoms with Crippen molar-refractivity contribution >= 4 is 0 Å². The number of hydrogen-bond donors (Lipinski definition) is 1. The Morgan fingerprint density at radius 1 is 1.06 bits per heavy atom. The van der Waals surface area contributed by atoms with Crippen molar-refractivity contribution in [3.05, 3.63) is 24.8 Å². The topological polar surface area (TPSA) is 20.2 Å². The van der Waals surface area contributed by atoms with E-state index < -0.39 is 0 Å². The monoisotopic (exact) mass is 224 g/mol. The van der Waals surface area contributed by atoms with Gasteiger partial charge in [-0.05, 0) is 32.6 Å². The molecule has 0 amide bonds. The van der Waals surface area contributed by atoms with Gasteiger partial charge in [0.15, 0.2) is 0 Å². The highest BCUT2D eigenvalue weighted by molar-refractivity contribution is 4.79. The predicted molar refractivity (Wildman–Crippen MR) is 72.6 cm³/mol. The summed E-state index contributed by atoms with van der Waals surface area (Å²) in [7, 11) is 0. The molecule has 1 heteroatoms. The molecule has 0 saturated heterocycles. The summed E-state index contributed by atoms with van der Waals surface area (Å²) in [6, 6.07) is 0. The number of rotatable bonds is 11. The van der Waals surface area contributed by atoms with Crippen LogP contribution in [0.15, 0.2) is 24.8 Å². The minimum atomic E-state index is -0.128. The van der Waals surface area contributed by atoms with E-state index in [0.717, 1.165) is 19.3 Å². The van der Waals surface area contributed by atoms with E-state index in [4.69, 9.17) is 0 Å². The molecular weight excluding hydrogens is 196 g/mol. The van der Waals surface area contributed by atoms with Crippen molar-refractivity contribution in [2.75, 3.05) is 0 Å². The molecule has 16 heavy (non-hydrogen) atoms. The van der Waals surface area contributed by atoms with Gasteiger partial charge in [0.05, 0.1) is 6.10 Å². The highest BCUT2D eigenvalue weighted by Gasteiger charge is 2.00. The molecule has 1 nitrogen and oxygen atoms in total. The second kappa shape index (κ2) is 12.5. The minimum absolute atomic E-state index is 0.128. The van der Waals surface area contributed by atoms with Crippen molar-refractivity contribution in [1.29, 1.82) is 0 Å². The molecule has 0 bridgehead atoms. The van der Waals surface area contributed by atoms with Crippen LogP contribution in [0.2, 0.25) is 0 Å². The van der Waals surface area contributed by atoms with Crippen molar-refractivity contribution < 1.29 is 5.11 Å². The summed E-state index contributed by atoms with van der Waals surface area (Å²) in [5, 5.41) is 9.59. The number of allylic oxidation sites excluding steroid dienone is 2. The third kappa shape index (κ3) is 11.5. The lowest BCUT2D eigenvalue weighted by Crippen LogP contribution is -2.04. The first-order valence-corrected chi connectivity index (χ1v) is 6.71. The third-order valence-electron chi connectivity index (χ3n) is 2.84. The first-order chi connectivity index (χ1) is 7.81. The largest absolute Gasteiger partial charge is 0.393 e. The Morgan fingerprint density at radius 3 is 2.31 bits per heavy atom. The van der Waals surface area contributed by atoms with Crippen LogP contribution in [0.5, 0.6) is 0 Å². The molecule has 0 fully saturated rings. The van der Waals surface area contributed by atoms with Crippen LogP contribution in [0.3, 0.4) is 0 Å². The minimum Gasteiger partial charge on any atom is -0.393 e. The summed E-state index contributed by atoms with van der Waals surface area (Å²) in [5.74, 6) is 0. The molecule has 0 unspecified atom stereocenters. The van der Waals surface area contributed by atoms with E-state index in [2.05, 4.69) is 6.58 Å². The van der Waals surface area contributed by atoms with Crippen molar-refractivity contribution in [3.8, 4) is 0 Å². The summed E-state index contributed by atoms with van der Waals surface area (Å²) >= 11 is 0. The number of aliphatic hydroxyl groups is 1. The molecule has 1 N–H and O–H groups in total. The zero-order chi connectivity index (χ0) is 12.1. The molecule has 0 spiro atoms. The highest BCUT2D eigenvalue weighted by Crippen LogP contribution is 2.11. The van der Waals surface area contributed by atoms with Gasteiger partial charge in [-0.2, -0.15) is 0 Å². The van der Waals surface area contributed by atoms with Crippen molar-refractivity contribution in [3.63, 3.8) is 0 Å². The highest BCUT2D eigenvalue weighted by atomic mass is 16.3. The van der Waals surface area contributed by atoms with E-state index in [1.165, 1.54) is 38.5 Å². The second-order valence-corrected chi connectivity index (χ2v) is 4.45. The second-order valence-electron chi connectivity index (χ2n) is 4.45. The van der Waals surface area contributed by atoms with Gasteiger partial charge in [-0.1, -0.05) is 50.3 Å². The van der Waals surface area contributed by atoms with E-state index in [1.807, 2.05) is 25.2 Å². The Hall–Kier alpha value is -0.560. The maximum atomic E-state index is 9.59. The van der Waals surface area contributed by atoms with E-state index in [-0.39, 0.29) is 6.10 Å². The van der Waals surface area contributed by atoms with Gasteiger partial charge in [0.2, 0.25) is 0 Å². The molecule has 94 valence electrons. The molecule has 0 aromatic carbocycles. The summed E-state index contributed by atoms with van der Waals surface area (Å²) in [5.41, 5.74) is 0. The zero-order valence-corrected chi connectivity index (χ0v) is 10.8.